The standard InChI is InChI=1S/C31H41Cl2N5O2/c32-26-11-7-22(18-27(26)33)8-13-30(39)28(12-9-24-14-16-35-36-24)37-17-15-25(10-6-21-4-2-1-3-5-21)38-20-23(34)19-29(38)31(37)40/h1-5,7,11,18,23-25,28-29,35-36H,6,8-10,12-17,19-20,34H2/t23-,24?,25?,28-,29+/m1/s1. The number of nitrogens with one attached hydrogen (secondary N) is 2. The molecule has 3 aliphatic rings. The zero-order valence-corrected chi connectivity index (χ0v) is 24.5. The molecule has 216 valence electrons. The molecule has 3 fully saturated rings. The largest absolute Gasteiger partial charge is 0.331 e. The molecule has 0 spiro atoms. The van der Waals surface area contributed by atoms with Gasteiger partial charge >= 0.3 is 0 Å². The number of hydrazine groups is 1. The van der Waals surface area contributed by atoms with Crippen molar-refractivity contribution in [2.24, 2.45) is 5.73 Å². The number of amides is 1. The van der Waals surface area contributed by atoms with Crippen LogP contribution in [0.5, 0.6) is 0 Å². The predicted octanol–water partition coefficient (Wildman–Crippen LogP) is 4.15. The first-order valence-corrected chi connectivity index (χ1v) is 15.5. The van der Waals surface area contributed by atoms with E-state index in [0.717, 1.165) is 50.8 Å². The maximum Gasteiger partial charge on any atom is 0.240 e. The number of rotatable bonds is 11. The van der Waals surface area contributed by atoms with Crippen molar-refractivity contribution in [3.05, 3.63) is 69.7 Å². The first-order chi connectivity index (χ1) is 19.4. The van der Waals surface area contributed by atoms with E-state index >= 15 is 0 Å². The number of benzene rings is 2. The van der Waals surface area contributed by atoms with Gasteiger partial charge in [0.1, 0.15) is 0 Å². The minimum atomic E-state index is -0.441. The fourth-order valence-corrected chi connectivity index (χ4v) is 6.95. The van der Waals surface area contributed by atoms with Crippen LogP contribution in [0.3, 0.4) is 0 Å². The summed E-state index contributed by atoms with van der Waals surface area (Å²) < 4.78 is 0. The van der Waals surface area contributed by atoms with Gasteiger partial charge in [0.15, 0.2) is 5.78 Å². The Hall–Kier alpha value is -2.00. The van der Waals surface area contributed by atoms with Crippen molar-refractivity contribution in [2.75, 3.05) is 19.6 Å². The summed E-state index contributed by atoms with van der Waals surface area (Å²) in [5.74, 6) is 0.183. The molecule has 9 heteroatoms. The molecule has 0 aliphatic carbocycles. The first kappa shape index (κ1) is 29.5. The third-order valence-corrected chi connectivity index (χ3v) is 9.56. The number of nitrogens with two attached hydrogens (primary N) is 1. The van der Waals surface area contributed by atoms with Crippen LogP contribution in [0.1, 0.15) is 56.1 Å². The lowest BCUT2D eigenvalue weighted by Gasteiger charge is -2.33. The second-order valence-corrected chi connectivity index (χ2v) is 12.4. The maximum atomic E-state index is 14.1. The molecule has 0 bridgehead atoms. The van der Waals surface area contributed by atoms with Crippen LogP contribution in [-0.4, -0.2) is 71.3 Å². The fourth-order valence-electron chi connectivity index (χ4n) is 6.62. The molecular weight excluding hydrogens is 545 g/mol. The minimum Gasteiger partial charge on any atom is -0.331 e. The molecule has 2 aromatic carbocycles. The highest BCUT2D eigenvalue weighted by Crippen LogP contribution is 2.31. The Morgan fingerprint density at radius 2 is 1.85 bits per heavy atom. The summed E-state index contributed by atoms with van der Waals surface area (Å²) in [6, 6.07) is 15.9. The molecule has 40 heavy (non-hydrogen) atoms. The smallest absolute Gasteiger partial charge is 0.240 e. The number of nitrogens with zero attached hydrogens (tertiary/aromatic N) is 2. The normalized spacial score (nSPS) is 26.1. The number of ketones is 1. The zero-order valence-electron chi connectivity index (χ0n) is 23.0. The van der Waals surface area contributed by atoms with Crippen molar-refractivity contribution in [2.45, 2.75) is 88.0 Å². The Kier molecular flexibility index (Phi) is 10.2. The highest BCUT2D eigenvalue weighted by molar-refractivity contribution is 6.42. The number of carbonyl (C=O) groups is 2. The number of Topliss-reactive ketones (excluding diaryl/α,β-unsaturated/α-hetero) is 1. The van der Waals surface area contributed by atoms with Gasteiger partial charge in [0.05, 0.1) is 22.1 Å². The average Bonchev–Trinajstić information content (AvgIpc) is 3.60. The van der Waals surface area contributed by atoms with Crippen molar-refractivity contribution >= 4 is 34.9 Å². The van der Waals surface area contributed by atoms with Gasteiger partial charge in [0.25, 0.3) is 0 Å². The molecule has 7 nitrogen and oxygen atoms in total. The second-order valence-electron chi connectivity index (χ2n) is 11.6. The second kappa shape index (κ2) is 13.8. The van der Waals surface area contributed by atoms with Crippen LogP contribution in [0.15, 0.2) is 48.5 Å². The molecule has 3 aliphatic heterocycles. The van der Waals surface area contributed by atoms with Crippen LogP contribution in [-0.2, 0) is 22.4 Å². The lowest BCUT2D eigenvalue weighted by molar-refractivity contribution is -0.142. The summed E-state index contributed by atoms with van der Waals surface area (Å²) in [5.41, 5.74) is 15.2. The summed E-state index contributed by atoms with van der Waals surface area (Å²) in [6.07, 6.45) is 6.87. The number of hydrogen-bond acceptors (Lipinski definition) is 6. The zero-order chi connectivity index (χ0) is 28.1. The molecule has 0 saturated carbocycles. The van der Waals surface area contributed by atoms with Gasteiger partial charge in [0, 0.05) is 44.2 Å². The van der Waals surface area contributed by atoms with E-state index in [1.807, 2.05) is 23.1 Å². The Labute approximate surface area is 247 Å². The van der Waals surface area contributed by atoms with Gasteiger partial charge in [-0.05, 0) is 74.6 Å². The number of hydrogen-bond donors (Lipinski definition) is 3. The SMILES string of the molecule is N[C@@H]1C[C@H]2C(=O)N([C@H](CCC3CCNN3)C(=O)CCc3ccc(Cl)c(Cl)c3)CCC(CCc3ccccc3)N2C1. The molecule has 2 aromatic rings. The number of fused-ring (bicyclic) bond motifs is 1. The molecule has 1 amide bonds. The van der Waals surface area contributed by atoms with Crippen molar-refractivity contribution in [1.29, 1.82) is 0 Å². The molecule has 0 radical (unpaired) electrons. The first-order valence-electron chi connectivity index (χ1n) is 14.7. The Bertz CT molecular complexity index is 1160. The highest BCUT2D eigenvalue weighted by atomic mass is 35.5. The quantitative estimate of drug-likeness (QED) is 0.367. The molecule has 5 atom stereocenters. The fraction of sp³-hybridized carbons (Fsp3) is 0.548. The van der Waals surface area contributed by atoms with Crippen LogP contribution in [0.2, 0.25) is 10.0 Å². The summed E-state index contributed by atoms with van der Waals surface area (Å²) in [4.78, 5) is 32.2. The molecule has 0 aromatic heterocycles. The van der Waals surface area contributed by atoms with E-state index in [1.54, 1.807) is 6.07 Å². The monoisotopic (exact) mass is 585 g/mol. The van der Waals surface area contributed by atoms with Crippen LogP contribution in [0.4, 0.5) is 0 Å². The number of carbonyl (C=O) groups excluding carboxylic acids is 2. The Morgan fingerprint density at radius 1 is 1.02 bits per heavy atom. The predicted molar refractivity (Wildman–Crippen MR) is 160 cm³/mol. The maximum absolute atomic E-state index is 14.1. The molecule has 5 rings (SSSR count). The van der Waals surface area contributed by atoms with Crippen LogP contribution >= 0.6 is 23.2 Å². The molecule has 2 unspecified atom stereocenters. The van der Waals surface area contributed by atoms with E-state index in [1.165, 1.54) is 5.56 Å². The lowest BCUT2D eigenvalue weighted by atomic mass is 9.95. The van der Waals surface area contributed by atoms with Crippen molar-refractivity contribution in [3.63, 3.8) is 0 Å². The van der Waals surface area contributed by atoms with E-state index < -0.39 is 6.04 Å². The topological polar surface area (TPSA) is 90.7 Å². The van der Waals surface area contributed by atoms with Crippen LogP contribution in [0, 0.1) is 0 Å². The van der Waals surface area contributed by atoms with E-state index in [-0.39, 0.29) is 29.8 Å². The van der Waals surface area contributed by atoms with Crippen LogP contribution in [0.25, 0.3) is 0 Å². The summed E-state index contributed by atoms with van der Waals surface area (Å²) >= 11 is 12.3. The van der Waals surface area contributed by atoms with E-state index in [4.69, 9.17) is 28.9 Å². The summed E-state index contributed by atoms with van der Waals surface area (Å²) in [6.45, 7) is 2.25. The number of aryl methyl sites for hydroxylation is 2. The minimum absolute atomic E-state index is 0.0225. The lowest BCUT2D eigenvalue weighted by Crippen LogP contribution is -2.51. The Balaban J connectivity index is 1.32. The van der Waals surface area contributed by atoms with Gasteiger partial charge in [-0.1, -0.05) is 59.6 Å². The van der Waals surface area contributed by atoms with E-state index in [2.05, 4.69) is 40.0 Å². The summed E-state index contributed by atoms with van der Waals surface area (Å²) in [5, 5.41) is 0.994. The van der Waals surface area contributed by atoms with Gasteiger partial charge in [-0.15, -0.1) is 0 Å². The van der Waals surface area contributed by atoms with Crippen LogP contribution < -0.4 is 16.6 Å². The molecular formula is C31H41Cl2N5O2. The van der Waals surface area contributed by atoms with Gasteiger partial charge in [-0.2, -0.15) is 0 Å². The average molecular weight is 587 g/mol. The highest BCUT2D eigenvalue weighted by Gasteiger charge is 2.45. The van der Waals surface area contributed by atoms with Gasteiger partial charge in [-0.25, -0.2) is 0 Å². The van der Waals surface area contributed by atoms with Crippen molar-refractivity contribution in [1.82, 2.24) is 20.7 Å². The van der Waals surface area contributed by atoms with E-state index in [0.29, 0.717) is 48.3 Å². The van der Waals surface area contributed by atoms with Crippen molar-refractivity contribution in [3.8, 4) is 0 Å². The molecule has 4 N–H and O–H groups in total. The van der Waals surface area contributed by atoms with Gasteiger partial charge in [0.2, 0.25) is 5.91 Å². The number of halogens is 2. The summed E-state index contributed by atoms with van der Waals surface area (Å²) in [7, 11) is 0. The van der Waals surface area contributed by atoms with Gasteiger partial charge in [-0.3, -0.25) is 25.3 Å². The van der Waals surface area contributed by atoms with Gasteiger partial charge < -0.3 is 10.6 Å². The van der Waals surface area contributed by atoms with Crippen molar-refractivity contribution < 1.29 is 9.59 Å². The molecule has 3 saturated heterocycles. The third kappa shape index (κ3) is 7.25. The Morgan fingerprint density at radius 3 is 2.60 bits per heavy atom. The molecule has 3 heterocycles. The third-order valence-electron chi connectivity index (χ3n) is 8.83. The van der Waals surface area contributed by atoms with E-state index in [9.17, 15) is 9.59 Å².